The third-order valence-corrected chi connectivity index (χ3v) is 3.14. The monoisotopic (exact) mass is 374 g/mol. The molecule has 0 fully saturated rings. The van der Waals surface area contributed by atoms with Gasteiger partial charge in [0.1, 0.15) is 18.3 Å². The van der Waals surface area contributed by atoms with Crippen molar-refractivity contribution in [2.75, 3.05) is 7.11 Å². The standard InChI is InChI=1S/C17H26O9/c1-10(9-17(23)24-4)25-15(21)8-6-14(20)12(3)26-16(22)7-5-13(19)11(2)18/h5-8,10-14,18-20H,9H2,1-4H3/b7-5+,8-6+/t10-,11+,12+,13-,14-/m1/s1. The zero-order chi connectivity index (χ0) is 20.3. The average molecular weight is 374 g/mol. The van der Waals surface area contributed by atoms with Gasteiger partial charge in [0.25, 0.3) is 0 Å². The van der Waals surface area contributed by atoms with Gasteiger partial charge in [0, 0.05) is 12.2 Å². The van der Waals surface area contributed by atoms with Crippen molar-refractivity contribution in [2.24, 2.45) is 0 Å². The van der Waals surface area contributed by atoms with E-state index in [1.807, 2.05) is 0 Å². The zero-order valence-corrected chi connectivity index (χ0v) is 15.2. The Balaban J connectivity index is 4.41. The molecule has 0 bridgehead atoms. The molecule has 0 aliphatic heterocycles. The molecule has 9 nitrogen and oxygen atoms in total. The molecule has 0 rings (SSSR count). The Bertz CT molecular complexity index is 524. The van der Waals surface area contributed by atoms with Crippen LogP contribution in [0.1, 0.15) is 27.2 Å². The molecule has 0 spiro atoms. The van der Waals surface area contributed by atoms with Gasteiger partial charge in [-0.2, -0.15) is 0 Å². The summed E-state index contributed by atoms with van der Waals surface area (Å²) in [4.78, 5) is 34.1. The lowest BCUT2D eigenvalue weighted by Crippen LogP contribution is -2.27. The fourth-order valence-electron chi connectivity index (χ4n) is 1.56. The molecule has 0 unspecified atom stereocenters. The van der Waals surface area contributed by atoms with Gasteiger partial charge in [-0.3, -0.25) is 4.79 Å². The SMILES string of the molecule is COC(=O)C[C@@H](C)OC(=O)/C=C/[C@@H](O)[C@H](C)OC(=O)/C=C/[C@@H](O)[C@H](C)O. The summed E-state index contributed by atoms with van der Waals surface area (Å²) < 4.78 is 14.2. The summed E-state index contributed by atoms with van der Waals surface area (Å²) in [5, 5.41) is 28.2. The number of ether oxygens (including phenoxy) is 3. The molecule has 0 saturated heterocycles. The normalized spacial score (nSPS) is 17.3. The first kappa shape index (κ1) is 23.8. The first-order valence-electron chi connectivity index (χ1n) is 7.95. The number of aliphatic hydroxyl groups excluding tert-OH is 3. The van der Waals surface area contributed by atoms with Crippen LogP contribution < -0.4 is 0 Å². The second-order valence-corrected chi connectivity index (χ2v) is 5.61. The van der Waals surface area contributed by atoms with E-state index in [1.54, 1.807) is 0 Å². The number of esters is 3. The predicted octanol–water partition coefficient (Wildman–Crippen LogP) is -0.372. The summed E-state index contributed by atoms with van der Waals surface area (Å²) in [6.07, 6.45) is -1.30. The Hall–Kier alpha value is -2.23. The van der Waals surface area contributed by atoms with Crippen LogP contribution in [0.4, 0.5) is 0 Å². The molecule has 26 heavy (non-hydrogen) atoms. The number of aliphatic hydroxyl groups is 3. The van der Waals surface area contributed by atoms with Crippen LogP contribution in [0.25, 0.3) is 0 Å². The van der Waals surface area contributed by atoms with Crippen molar-refractivity contribution >= 4 is 17.9 Å². The number of hydrogen-bond donors (Lipinski definition) is 3. The minimum absolute atomic E-state index is 0.0999. The zero-order valence-electron chi connectivity index (χ0n) is 15.2. The van der Waals surface area contributed by atoms with Crippen LogP contribution in [0.15, 0.2) is 24.3 Å². The Morgan fingerprint density at radius 2 is 1.38 bits per heavy atom. The molecule has 148 valence electrons. The highest BCUT2D eigenvalue weighted by molar-refractivity contribution is 5.83. The van der Waals surface area contributed by atoms with Crippen molar-refractivity contribution in [1.29, 1.82) is 0 Å². The highest BCUT2D eigenvalue weighted by Crippen LogP contribution is 2.05. The minimum atomic E-state index is -1.28. The van der Waals surface area contributed by atoms with Crippen LogP contribution in [0.3, 0.4) is 0 Å². The van der Waals surface area contributed by atoms with Crippen molar-refractivity contribution < 1.29 is 43.9 Å². The fourth-order valence-corrected chi connectivity index (χ4v) is 1.56. The predicted molar refractivity (Wildman–Crippen MR) is 89.7 cm³/mol. The topological polar surface area (TPSA) is 140 Å². The van der Waals surface area contributed by atoms with Crippen LogP contribution in [-0.2, 0) is 28.6 Å². The Morgan fingerprint density at radius 1 is 0.885 bits per heavy atom. The highest BCUT2D eigenvalue weighted by atomic mass is 16.6. The van der Waals surface area contributed by atoms with Gasteiger partial charge in [0.05, 0.1) is 25.7 Å². The minimum Gasteiger partial charge on any atom is -0.469 e. The lowest BCUT2D eigenvalue weighted by molar-refractivity contribution is -0.149. The number of hydrogen-bond acceptors (Lipinski definition) is 9. The molecule has 0 amide bonds. The Morgan fingerprint density at radius 3 is 1.88 bits per heavy atom. The summed E-state index contributed by atoms with van der Waals surface area (Å²) in [7, 11) is 1.22. The van der Waals surface area contributed by atoms with E-state index >= 15 is 0 Å². The maximum atomic E-state index is 11.6. The van der Waals surface area contributed by atoms with E-state index in [0.29, 0.717) is 0 Å². The van der Waals surface area contributed by atoms with Crippen LogP contribution in [0.5, 0.6) is 0 Å². The van der Waals surface area contributed by atoms with Gasteiger partial charge in [0.2, 0.25) is 0 Å². The first-order valence-corrected chi connectivity index (χ1v) is 7.95. The quantitative estimate of drug-likeness (QED) is 0.265. The van der Waals surface area contributed by atoms with Crippen molar-refractivity contribution in [3.63, 3.8) is 0 Å². The molecule has 0 aromatic carbocycles. The maximum Gasteiger partial charge on any atom is 0.330 e. The second kappa shape index (κ2) is 12.2. The smallest absolute Gasteiger partial charge is 0.330 e. The number of methoxy groups -OCH3 is 1. The Labute approximate surface area is 151 Å². The molecule has 0 aromatic heterocycles. The molecule has 3 N–H and O–H groups in total. The van der Waals surface area contributed by atoms with E-state index < -0.39 is 48.4 Å². The van der Waals surface area contributed by atoms with Gasteiger partial charge in [0.15, 0.2) is 0 Å². The van der Waals surface area contributed by atoms with Gasteiger partial charge in [-0.1, -0.05) is 0 Å². The molecule has 0 aliphatic carbocycles. The van der Waals surface area contributed by atoms with E-state index in [4.69, 9.17) is 14.6 Å². The molecule has 9 heteroatoms. The molecule has 5 atom stereocenters. The Kier molecular flexibility index (Phi) is 11.1. The van der Waals surface area contributed by atoms with Gasteiger partial charge in [-0.05, 0) is 32.9 Å². The van der Waals surface area contributed by atoms with Gasteiger partial charge < -0.3 is 29.5 Å². The first-order chi connectivity index (χ1) is 12.1. The van der Waals surface area contributed by atoms with Crippen LogP contribution in [0.2, 0.25) is 0 Å². The third kappa shape index (κ3) is 10.6. The fraction of sp³-hybridized carbons (Fsp3) is 0.588. The maximum absolute atomic E-state index is 11.6. The van der Waals surface area contributed by atoms with Crippen molar-refractivity contribution in [1.82, 2.24) is 0 Å². The summed E-state index contributed by atoms with van der Waals surface area (Å²) in [5.74, 6) is -2.14. The second-order valence-electron chi connectivity index (χ2n) is 5.61. The van der Waals surface area contributed by atoms with E-state index in [1.165, 1.54) is 27.9 Å². The molecule has 0 radical (unpaired) electrons. The lowest BCUT2D eigenvalue weighted by atomic mass is 10.2. The molecular weight excluding hydrogens is 348 g/mol. The highest BCUT2D eigenvalue weighted by Gasteiger charge is 2.17. The van der Waals surface area contributed by atoms with Gasteiger partial charge >= 0.3 is 17.9 Å². The summed E-state index contributed by atoms with van der Waals surface area (Å²) in [6.45, 7) is 4.26. The number of rotatable bonds is 10. The molecule has 0 heterocycles. The third-order valence-electron chi connectivity index (χ3n) is 3.14. The van der Waals surface area contributed by atoms with Crippen molar-refractivity contribution in [3.8, 4) is 0 Å². The summed E-state index contributed by atoms with van der Waals surface area (Å²) >= 11 is 0. The summed E-state index contributed by atoms with van der Waals surface area (Å²) in [5.41, 5.74) is 0. The largest absolute Gasteiger partial charge is 0.469 e. The van der Waals surface area contributed by atoms with Crippen LogP contribution in [-0.4, -0.2) is 70.9 Å². The van der Waals surface area contributed by atoms with Crippen molar-refractivity contribution in [3.05, 3.63) is 24.3 Å². The van der Waals surface area contributed by atoms with Crippen LogP contribution >= 0.6 is 0 Å². The summed E-state index contributed by atoms with van der Waals surface area (Å²) in [6, 6.07) is 0. The van der Waals surface area contributed by atoms with Crippen molar-refractivity contribution in [2.45, 2.75) is 57.7 Å². The number of carbonyl (C=O) groups excluding carboxylic acids is 3. The van der Waals surface area contributed by atoms with E-state index in [2.05, 4.69) is 4.74 Å². The molecule has 0 saturated carbocycles. The molecular formula is C17H26O9. The molecule has 0 aromatic rings. The lowest BCUT2D eigenvalue weighted by Gasteiger charge is -2.16. The average Bonchev–Trinajstić information content (AvgIpc) is 2.56. The van der Waals surface area contributed by atoms with Gasteiger partial charge in [-0.15, -0.1) is 0 Å². The van der Waals surface area contributed by atoms with Gasteiger partial charge in [-0.25, -0.2) is 9.59 Å². The van der Waals surface area contributed by atoms with E-state index in [9.17, 15) is 24.6 Å². The van der Waals surface area contributed by atoms with E-state index in [-0.39, 0.29) is 6.42 Å². The number of carbonyl (C=O) groups is 3. The van der Waals surface area contributed by atoms with Crippen LogP contribution in [0, 0.1) is 0 Å². The van der Waals surface area contributed by atoms with E-state index in [0.717, 1.165) is 24.3 Å². The molecule has 0 aliphatic rings.